The fourth-order valence-corrected chi connectivity index (χ4v) is 2.94. The van der Waals surface area contributed by atoms with Crippen molar-refractivity contribution >= 4 is 0 Å². The number of hydrogen-bond acceptors (Lipinski definition) is 2. The molecule has 0 aliphatic carbocycles. The van der Waals surface area contributed by atoms with Crippen molar-refractivity contribution in [2.24, 2.45) is 5.73 Å². The van der Waals surface area contributed by atoms with Crippen molar-refractivity contribution in [3.05, 3.63) is 35.9 Å². The number of rotatable bonds is 3. The molecular formula is C14H19F3N2. The SMILES string of the molecule is CC(N)C(N1CCCC1c1ccccc1)C(F)(F)F. The van der Waals surface area contributed by atoms with Crippen molar-refractivity contribution in [1.29, 1.82) is 0 Å². The number of nitrogens with zero attached hydrogens (tertiary/aromatic N) is 1. The van der Waals surface area contributed by atoms with Crippen LogP contribution >= 0.6 is 0 Å². The summed E-state index contributed by atoms with van der Waals surface area (Å²) < 4.78 is 39.6. The molecule has 1 saturated heterocycles. The Bertz CT molecular complexity index is 403. The van der Waals surface area contributed by atoms with E-state index in [1.807, 2.05) is 30.3 Å². The standard InChI is InChI=1S/C14H19F3N2/c1-10(18)13(14(15,16)17)19-9-5-8-12(19)11-6-3-2-4-7-11/h2-4,6-7,10,12-13H,5,8-9,18H2,1H3. The van der Waals surface area contributed by atoms with E-state index in [0.29, 0.717) is 6.54 Å². The first kappa shape index (κ1) is 14.3. The summed E-state index contributed by atoms with van der Waals surface area (Å²) in [6.07, 6.45) is -2.76. The Morgan fingerprint density at radius 1 is 1.26 bits per heavy atom. The lowest BCUT2D eigenvalue weighted by molar-refractivity contribution is -0.190. The van der Waals surface area contributed by atoms with Crippen LogP contribution in [0.25, 0.3) is 0 Å². The summed E-state index contributed by atoms with van der Waals surface area (Å²) in [5.41, 5.74) is 6.52. The van der Waals surface area contributed by atoms with E-state index >= 15 is 0 Å². The molecule has 2 rings (SSSR count). The molecule has 1 fully saturated rings. The minimum Gasteiger partial charge on any atom is -0.326 e. The minimum absolute atomic E-state index is 0.182. The Kier molecular flexibility index (Phi) is 4.16. The normalized spacial score (nSPS) is 24.4. The van der Waals surface area contributed by atoms with E-state index in [-0.39, 0.29) is 6.04 Å². The zero-order valence-corrected chi connectivity index (χ0v) is 10.9. The molecule has 2 nitrogen and oxygen atoms in total. The van der Waals surface area contributed by atoms with E-state index in [4.69, 9.17) is 5.73 Å². The molecule has 1 aromatic rings. The molecule has 1 aliphatic rings. The maximum absolute atomic E-state index is 13.2. The van der Waals surface area contributed by atoms with E-state index < -0.39 is 18.3 Å². The molecule has 0 saturated carbocycles. The van der Waals surface area contributed by atoms with Crippen LogP contribution in [-0.4, -0.2) is 29.7 Å². The molecule has 106 valence electrons. The van der Waals surface area contributed by atoms with Crippen LogP contribution in [0.4, 0.5) is 13.2 Å². The Morgan fingerprint density at radius 2 is 1.89 bits per heavy atom. The van der Waals surface area contributed by atoms with Gasteiger partial charge in [0.2, 0.25) is 0 Å². The maximum Gasteiger partial charge on any atom is 0.405 e. The predicted molar refractivity (Wildman–Crippen MR) is 68.6 cm³/mol. The van der Waals surface area contributed by atoms with E-state index in [9.17, 15) is 13.2 Å². The first-order valence-corrected chi connectivity index (χ1v) is 6.54. The molecule has 19 heavy (non-hydrogen) atoms. The van der Waals surface area contributed by atoms with Crippen LogP contribution in [0.5, 0.6) is 0 Å². The van der Waals surface area contributed by atoms with Crippen LogP contribution in [0.3, 0.4) is 0 Å². The average molecular weight is 272 g/mol. The van der Waals surface area contributed by atoms with Crippen LogP contribution in [0.2, 0.25) is 0 Å². The van der Waals surface area contributed by atoms with Gasteiger partial charge in [-0.25, -0.2) is 0 Å². The highest BCUT2D eigenvalue weighted by Gasteiger charge is 2.49. The summed E-state index contributed by atoms with van der Waals surface area (Å²) in [7, 11) is 0. The third-order valence-corrected chi connectivity index (χ3v) is 3.67. The van der Waals surface area contributed by atoms with Crippen molar-refractivity contribution in [2.75, 3.05) is 6.54 Å². The number of halogens is 3. The second kappa shape index (κ2) is 5.51. The van der Waals surface area contributed by atoms with Gasteiger partial charge in [0, 0.05) is 12.1 Å². The van der Waals surface area contributed by atoms with Crippen molar-refractivity contribution < 1.29 is 13.2 Å². The van der Waals surface area contributed by atoms with Gasteiger partial charge < -0.3 is 5.73 Å². The lowest BCUT2D eigenvalue weighted by Gasteiger charge is -2.36. The first-order chi connectivity index (χ1) is 8.91. The number of alkyl halides is 3. The highest BCUT2D eigenvalue weighted by Crippen LogP contribution is 2.39. The highest BCUT2D eigenvalue weighted by molar-refractivity contribution is 5.20. The second-order valence-electron chi connectivity index (χ2n) is 5.15. The van der Waals surface area contributed by atoms with Gasteiger partial charge >= 0.3 is 6.18 Å². The van der Waals surface area contributed by atoms with Crippen molar-refractivity contribution in [3.8, 4) is 0 Å². The quantitative estimate of drug-likeness (QED) is 0.916. The van der Waals surface area contributed by atoms with E-state index in [1.165, 1.54) is 11.8 Å². The molecule has 0 aromatic heterocycles. The number of benzene rings is 1. The van der Waals surface area contributed by atoms with Gasteiger partial charge in [0.25, 0.3) is 0 Å². The smallest absolute Gasteiger partial charge is 0.326 e. The maximum atomic E-state index is 13.2. The topological polar surface area (TPSA) is 29.3 Å². The zero-order valence-electron chi connectivity index (χ0n) is 10.9. The van der Waals surface area contributed by atoms with Gasteiger partial charge in [-0.05, 0) is 31.9 Å². The lowest BCUT2D eigenvalue weighted by Crippen LogP contribution is -2.54. The first-order valence-electron chi connectivity index (χ1n) is 6.54. The molecule has 1 aliphatic heterocycles. The van der Waals surface area contributed by atoms with Crippen LogP contribution in [0, 0.1) is 0 Å². The molecule has 3 unspecified atom stereocenters. The highest BCUT2D eigenvalue weighted by atomic mass is 19.4. The van der Waals surface area contributed by atoms with Crippen LogP contribution in [0.15, 0.2) is 30.3 Å². The van der Waals surface area contributed by atoms with Crippen LogP contribution < -0.4 is 5.73 Å². The van der Waals surface area contributed by atoms with Gasteiger partial charge in [-0.2, -0.15) is 13.2 Å². The summed E-state index contributed by atoms with van der Waals surface area (Å²) in [4.78, 5) is 1.51. The number of hydrogen-bond donors (Lipinski definition) is 1. The van der Waals surface area contributed by atoms with Gasteiger partial charge in [0.15, 0.2) is 0 Å². The minimum atomic E-state index is -4.29. The fraction of sp³-hybridized carbons (Fsp3) is 0.571. The molecule has 1 aromatic carbocycles. The van der Waals surface area contributed by atoms with Crippen LogP contribution in [0.1, 0.15) is 31.4 Å². The second-order valence-corrected chi connectivity index (χ2v) is 5.15. The van der Waals surface area contributed by atoms with Gasteiger partial charge in [-0.1, -0.05) is 30.3 Å². The number of nitrogens with two attached hydrogens (primary N) is 1. The fourth-order valence-electron chi connectivity index (χ4n) is 2.94. The van der Waals surface area contributed by atoms with Gasteiger partial charge in [0.1, 0.15) is 6.04 Å². The summed E-state index contributed by atoms with van der Waals surface area (Å²) in [6, 6.07) is 6.69. The van der Waals surface area contributed by atoms with Gasteiger partial charge in [-0.3, -0.25) is 4.90 Å². The van der Waals surface area contributed by atoms with E-state index in [1.54, 1.807) is 0 Å². The molecule has 0 radical (unpaired) electrons. The van der Waals surface area contributed by atoms with E-state index in [2.05, 4.69) is 0 Å². The van der Waals surface area contributed by atoms with Crippen molar-refractivity contribution in [3.63, 3.8) is 0 Å². The Morgan fingerprint density at radius 3 is 2.42 bits per heavy atom. The molecule has 5 heteroatoms. The Balaban J connectivity index is 2.27. The molecule has 0 amide bonds. The molecule has 0 spiro atoms. The third-order valence-electron chi connectivity index (χ3n) is 3.67. The monoisotopic (exact) mass is 272 g/mol. The molecule has 0 bridgehead atoms. The zero-order chi connectivity index (χ0) is 14.0. The largest absolute Gasteiger partial charge is 0.405 e. The predicted octanol–water partition coefficient (Wildman–Crippen LogP) is 3.10. The van der Waals surface area contributed by atoms with Crippen molar-refractivity contribution in [2.45, 2.75) is 44.1 Å². The molecule has 2 N–H and O–H groups in total. The number of likely N-dealkylation sites (tertiary alicyclic amines) is 1. The van der Waals surface area contributed by atoms with Crippen LogP contribution in [-0.2, 0) is 0 Å². The van der Waals surface area contributed by atoms with Gasteiger partial charge in [0.05, 0.1) is 0 Å². The molecule has 3 atom stereocenters. The Hall–Kier alpha value is -1.07. The molecular weight excluding hydrogens is 253 g/mol. The van der Waals surface area contributed by atoms with E-state index in [0.717, 1.165) is 18.4 Å². The van der Waals surface area contributed by atoms with Crippen molar-refractivity contribution in [1.82, 2.24) is 4.90 Å². The third kappa shape index (κ3) is 3.09. The lowest BCUT2D eigenvalue weighted by atomic mass is 10.0. The average Bonchev–Trinajstić information content (AvgIpc) is 2.76. The van der Waals surface area contributed by atoms with Gasteiger partial charge in [-0.15, -0.1) is 0 Å². The Labute approximate surface area is 111 Å². The summed E-state index contributed by atoms with van der Waals surface area (Å²) in [6.45, 7) is 1.88. The summed E-state index contributed by atoms with van der Waals surface area (Å²) >= 11 is 0. The summed E-state index contributed by atoms with van der Waals surface area (Å²) in [5, 5.41) is 0. The molecule has 1 heterocycles. The summed E-state index contributed by atoms with van der Waals surface area (Å²) in [5.74, 6) is 0.